The molecule has 5 rings (SSSR count). The van der Waals surface area contributed by atoms with Crippen LogP contribution in [0.3, 0.4) is 0 Å². The Kier molecular flexibility index (Phi) is 6.94. The lowest BCUT2D eigenvalue weighted by Crippen LogP contribution is -2.44. The minimum Gasteiger partial charge on any atom is -0.508 e. The lowest BCUT2D eigenvalue weighted by atomic mass is 9.93. The van der Waals surface area contributed by atoms with Gasteiger partial charge in [-0.25, -0.2) is 4.79 Å². The summed E-state index contributed by atoms with van der Waals surface area (Å²) in [7, 11) is 0. The zero-order chi connectivity index (χ0) is 23.3. The number of cyclic esters (lactones) is 1. The van der Waals surface area contributed by atoms with Crippen molar-refractivity contribution in [1.82, 2.24) is 9.80 Å². The predicted octanol–water partition coefficient (Wildman–Crippen LogP) is 3.53. The van der Waals surface area contributed by atoms with Gasteiger partial charge < -0.3 is 24.1 Å². The van der Waals surface area contributed by atoms with Crippen LogP contribution in [-0.4, -0.2) is 79.1 Å². The summed E-state index contributed by atoms with van der Waals surface area (Å²) in [6.07, 6.45) is 2.99. The number of piperidine rings is 1. The molecule has 2 aromatic rings. The first kappa shape index (κ1) is 22.7. The first-order valence-corrected chi connectivity index (χ1v) is 12.1. The first-order chi connectivity index (χ1) is 16.6. The van der Waals surface area contributed by atoms with Crippen LogP contribution in [0.15, 0.2) is 48.5 Å². The van der Waals surface area contributed by atoms with Gasteiger partial charge in [0.05, 0.1) is 0 Å². The third kappa shape index (κ3) is 5.50. The van der Waals surface area contributed by atoms with Crippen LogP contribution < -0.4 is 14.2 Å². The Hall–Kier alpha value is -3.13. The van der Waals surface area contributed by atoms with Gasteiger partial charge in [0.15, 0.2) is 11.5 Å². The highest BCUT2D eigenvalue weighted by atomic mass is 16.6. The molecule has 0 aromatic heterocycles. The largest absolute Gasteiger partial charge is 0.508 e. The van der Waals surface area contributed by atoms with Gasteiger partial charge in [0.1, 0.15) is 43.5 Å². The van der Waals surface area contributed by atoms with Crippen molar-refractivity contribution >= 4 is 6.09 Å². The average Bonchev–Trinajstić information content (AvgIpc) is 3.22. The molecule has 0 radical (unpaired) electrons. The number of phenolic OH excluding ortho intramolecular Hbond substituents is 1. The molecular formula is C26H32N2O6. The molecule has 2 fully saturated rings. The number of hydrogen-bond acceptors (Lipinski definition) is 7. The molecule has 1 N–H and O–H groups in total. The normalized spacial score (nSPS) is 23.1. The molecule has 0 spiro atoms. The summed E-state index contributed by atoms with van der Waals surface area (Å²) in [5.74, 6) is 3.11. The lowest BCUT2D eigenvalue weighted by Gasteiger charge is -2.36. The van der Waals surface area contributed by atoms with E-state index in [0.717, 1.165) is 50.4 Å². The van der Waals surface area contributed by atoms with Crippen molar-refractivity contribution in [2.45, 2.75) is 31.4 Å². The zero-order valence-electron chi connectivity index (χ0n) is 19.3. The molecule has 0 aliphatic carbocycles. The summed E-state index contributed by atoms with van der Waals surface area (Å²) >= 11 is 0. The number of benzene rings is 2. The Morgan fingerprint density at radius 1 is 0.971 bits per heavy atom. The fraction of sp³-hybridized carbons (Fsp3) is 0.500. The molecular weight excluding hydrogens is 436 g/mol. The van der Waals surface area contributed by atoms with Crippen molar-refractivity contribution in [2.75, 3.05) is 46.0 Å². The molecule has 1 amide bonds. The van der Waals surface area contributed by atoms with Gasteiger partial charge >= 0.3 is 6.09 Å². The Morgan fingerprint density at radius 3 is 2.53 bits per heavy atom. The van der Waals surface area contributed by atoms with E-state index in [0.29, 0.717) is 38.0 Å². The fourth-order valence-corrected chi connectivity index (χ4v) is 4.86. The van der Waals surface area contributed by atoms with Crippen molar-refractivity contribution < 1.29 is 28.8 Å². The van der Waals surface area contributed by atoms with Gasteiger partial charge in [-0.1, -0.05) is 12.1 Å². The highest BCUT2D eigenvalue weighted by Crippen LogP contribution is 2.31. The maximum atomic E-state index is 12.3. The Labute approximate surface area is 200 Å². The summed E-state index contributed by atoms with van der Waals surface area (Å²) in [6.45, 7) is 4.93. The summed E-state index contributed by atoms with van der Waals surface area (Å²) in [4.78, 5) is 16.5. The topological polar surface area (TPSA) is 80.7 Å². The Balaban J connectivity index is 1.04. The van der Waals surface area contributed by atoms with E-state index in [4.69, 9.17) is 18.9 Å². The molecule has 8 nitrogen and oxygen atoms in total. The standard InChI is InChI=1S/C26H32N2O6/c29-21-5-7-22(8-6-21)31-16-20-17-33-26(30)28(20)14-11-19-9-12-27(13-10-19)15-23-18-32-24-3-1-2-4-25(24)34-23/h1-8,19-20,23,29H,9-18H2. The number of nitrogens with zero attached hydrogens (tertiary/aromatic N) is 2. The highest BCUT2D eigenvalue weighted by molar-refractivity contribution is 5.70. The number of hydrogen-bond donors (Lipinski definition) is 1. The van der Waals surface area contributed by atoms with Gasteiger partial charge in [-0.15, -0.1) is 0 Å². The molecule has 3 heterocycles. The average molecular weight is 469 g/mol. The smallest absolute Gasteiger partial charge is 0.410 e. The number of amides is 1. The number of aromatic hydroxyl groups is 1. The third-order valence-electron chi connectivity index (χ3n) is 6.87. The number of para-hydroxylation sites is 2. The number of phenols is 1. The monoisotopic (exact) mass is 468 g/mol. The van der Waals surface area contributed by atoms with E-state index in [1.807, 2.05) is 24.3 Å². The fourth-order valence-electron chi connectivity index (χ4n) is 4.86. The van der Waals surface area contributed by atoms with E-state index >= 15 is 0 Å². The summed E-state index contributed by atoms with van der Waals surface area (Å²) in [5.41, 5.74) is 0. The number of fused-ring (bicyclic) bond motifs is 1. The zero-order valence-corrected chi connectivity index (χ0v) is 19.3. The molecule has 2 saturated heterocycles. The lowest BCUT2D eigenvalue weighted by molar-refractivity contribution is 0.0464. The van der Waals surface area contributed by atoms with E-state index < -0.39 is 0 Å². The second-order valence-electron chi connectivity index (χ2n) is 9.26. The SMILES string of the molecule is O=C1OCC(COc2ccc(O)cc2)N1CCC1CCN(CC2COc3ccccc3O2)CC1. The number of ether oxygens (including phenoxy) is 4. The minimum absolute atomic E-state index is 0.0557. The van der Waals surface area contributed by atoms with Gasteiger partial charge in [-0.2, -0.15) is 0 Å². The van der Waals surface area contributed by atoms with E-state index in [2.05, 4.69) is 4.90 Å². The van der Waals surface area contributed by atoms with Gasteiger partial charge in [0, 0.05) is 13.1 Å². The molecule has 8 heteroatoms. The quantitative estimate of drug-likeness (QED) is 0.635. The Morgan fingerprint density at radius 2 is 1.74 bits per heavy atom. The summed E-state index contributed by atoms with van der Waals surface area (Å²) in [6, 6.07) is 14.3. The minimum atomic E-state index is -0.258. The van der Waals surface area contributed by atoms with Crippen LogP contribution in [0.25, 0.3) is 0 Å². The molecule has 34 heavy (non-hydrogen) atoms. The number of likely N-dealkylation sites (tertiary alicyclic amines) is 1. The van der Waals surface area contributed by atoms with Crippen molar-refractivity contribution in [2.24, 2.45) is 5.92 Å². The molecule has 182 valence electrons. The van der Waals surface area contributed by atoms with E-state index in [-0.39, 0.29) is 24.0 Å². The molecule has 2 unspecified atom stereocenters. The van der Waals surface area contributed by atoms with Gasteiger partial charge in [-0.3, -0.25) is 9.80 Å². The van der Waals surface area contributed by atoms with Crippen LogP contribution >= 0.6 is 0 Å². The van der Waals surface area contributed by atoms with E-state index in [1.54, 1.807) is 29.2 Å². The number of rotatable bonds is 8. The Bertz CT molecular complexity index is 960. The van der Waals surface area contributed by atoms with Gasteiger partial charge in [-0.05, 0) is 74.7 Å². The molecule has 2 aromatic carbocycles. The number of carbonyl (C=O) groups is 1. The predicted molar refractivity (Wildman–Crippen MR) is 126 cm³/mol. The summed E-state index contributed by atoms with van der Waals surface area (Å²) < 4.78 is 23.1. The maximum absolute atomic E-state index is 12.3. The van der Waals surface area contributed by atoms with Crippen molar-refractivity contribution in [1.29, 1.82) is 0 Å². The second kappa shape index (κ2) is 10.4. The first-order valence-electron chi connectivity index (χ1n) is 12.1. The summed E-state index contributed by atoms with van der Waals surface area (Å²) in [5, 5.41) is 9.40. The molecule has 2 atom stereocenters. The van der Waals surface area contributed by atoms with Crippen LogP contribution in [0.5, 0.6) is 23.0 Å². The van der Waals surface area contributed by atoms with Crippen molar-refractivity contribution in [3.05, 3.63) is 48.5 Å². The van der Waals surface area contributed by atoms with Crippen LogP contribution in [0.2, 0.25) is 0 Å². The molecule has 0 bridgehead atoms. The van der Waals surface area contributed by atoms with Gasteiger partial charge in [0.25, 0.3) is 0 Å². The molecule has 3 aliphatic heterocycles. The van der Waals surface area contributed by atoms with Crippen molar-refractivity contribution in [3.63, 3.8) is 0 Å². The van der Waals surface area contributed by atoms with Crippen LogP contribution in [0.1, 0.15) is 19.3 Å². The molecule has 0 saturated carbocycles. The van der Waals surface area contributed by atoms with E-state index in [1.165, 1.54) is 0 Å². The van der Waals surface area contributed by atoms with E-state index in [9.17, 15) is 9.90 Å². The second-order valence-corrected chi connectivity index (χ2v) is 9.26. The highest BCUT2D eigenvalue weighted by Gasteiger charge is 2.34. The maximum Gasteiger partial charge on any atom is 0.410 e. The van der Waals surface area contributed by atoms with Gasteiger partial charge in [0.2, 0.25) is 0 Å². The van der Waals surface area contributed by atoms with Crippen LogP contribution in [0, 0.1) is 5.92 Å². The number of carbonyl (C=O) groups excluding carboxylic acids is 1. The van der Waals surface area contributed by atoms with Crippen LogP contribution in [0.4, 0.5) is 4.79 Å². The van der Waals surface area contributed by atoms with Crippen LogP contribution in [-0.2, 0) is 4.74 Å². The molecule has 3 aliphatic rings. The van der Waals surface area contributed by atoms with Crippen molar-refractivity contribution in [3.8, 4) is 23.0 Å². The third-order valence-corrected chi connectivity index (χ3v) is 6.87.